The van der Waals surface area contributed by atoms with E-state index >= 15 is 0 Å². The molecule has 0 N–H and O–H groups in total. The van der Waals surface area contributed by atoms with Crippen LogP contribution in [0.1, 0.15) is 29.8 Å². The molecular formula is C8H10N2OS. The lowest BCUT2D eigenvalue weighted by molar-refractivity contribution is 0.0976. The standard InChI is InChI=1S/C8H10N2OS/c1-2-3-4-5-8(11)7-6-9-12-10-7/h2,6H,1,3-5H2. The molecule has 0 unspecified atom stereocenters. The number of unbranched alkanes of at least 4 members (excludes halogenated alkanes) is 1. The van der Waals surface area contributed by atoms with E-state index in [0.29, 0.717) is 12.1 Å². The van der Waals surface area contributed by atoms with Crippen molar-refractivity contribution in [2.75, 3.05) is 0 Å². The maximum absolute atomic E-state index is 11.3. The van der Waals surface area contributed by atoms with Gasteiger partial charge in [0, 0.05) is 6.42 Å². The molecule has 0 saturated carbocycles. The van der Waals surface area contributed by atoms with E-state index in [2.05, 4.69) is 15.3 Å². The van der Waals surface area contributed by atoms with Crippen LogP contribution in [0.4, 0.5) is 0 Å². The summed E-state index contributed by atoms with van der Waals surface area (Å²) in [6, 6.07) is 0. The Morgan fingerprint density at radius 2 is 2.58 bits per heavy atom. The number of hydrogen-bond acceptors (Lipinski definition) is 4. The van der Waals surface area contributed by atoms with Crippen LogP contribution in [0.3, 0.4) is 0 Å². The van der Waals surface area contributed by atoms with Gasteiger partial charge in [-0.25, -0.2) is 0 Å². The number of rotatable bonds is 5. The van der Waals surface area contributed by atoms with Crippen LogP contribution >= 0.6 is 11.7 Å². The predicted octanol–water partition coefficient (Wildman–Crippen LogP) is 2.08. The third-order valence-corrected chi connectivity index (χ3v) is 1.94. The molecule has 0 atom stereocenters. The third kappa shape index (κ3) is 2.54. The van der Waals surface area contributed by atoms with Crippen molar-refractivity contribution >= 4 is 17.5 Å². The Bertz CT molecular complexity index is 256. The molecule has 0 aliphatic heterocycles. The fourth-order valence-electron chi connectivity index (χ4n) is 0.823. The molecule has 0 aromatic carbocycles. The number of hydrogen-bond donors (Lipinski definition) is 0. The fourth-order valence-corrected chi connectivity index (χ4v) is 1.25. The van der Waals surface area contributed by atoms with E-state index in [4.69, 9.17) is 0 Å². The van der Waals surface area contributed by atoms with Gasteiger partial charge in [-0.1, -0.05) is 6.08 Å². The second-order valence-electron chi connectivity index (χ2n) is 2.40. The number of allylic oxidation sites excluding steroid dienone is 1. The topological polar surface area (TPSA) is 42.9 Å². The summed E-state index contributed by atoms with van der Waals surface area (Å²) < 4.78 is 7.61. The minimum absolute atomic E-state index is 0.0746. The van der Waals surface area contributed by atoms with Gasteiger partial charge in [0.1, 0.15) is 5.69 Å². The molecule has 64 valence electrons. The molecule has 0 aliphatic carbocycles. The smallest absolute Gasteiger partial charge is 0.183 e. The quantitative estimate of drug-likeness (QED) is 0.398. The Morgan fingerprint density at radius 3 is 3.17 bits per heavy atom. The van der Waals surface area contributed by atoms with Crippen LogP contribution in [-0.2, 0) is 0 Å². The Balaban J connectivity index is 2.34. The zero-order valence-electron chi connectivity index (χ0n) is 6.69. The van der Waals surface area contributed by atoms with E-state index < -0.39 is 0 Å². The van der Waals surface area contributed by atoms with Crippen LogP contribution in [0.5, 0.6) is 0 Å². The van der Waals surface area contributed by atoms with Gasteiger partial charge in [0.05, 0.1) is 17.9 Å². The lowest BCUT2D eigenvalue weighted by Crippen LogP contribution is -1.98. The third-order valence-electron chi connectivity index (χ3n) is 1.46. The van der Waals surface area contributed by atoms with Crippen molar-refractivity contribution in [3.05, 3.63) is 24.5 Å². The van der Waals surface area contributed by atoms with E-state index in [1.807, 2.05) is 6.08 Å². The highest BCUT2D eigenvalue weighted by Crippen LogP contribution is 2.04. The second kappa shape index (κ2) is 4.77. The van der Waals surface area contributed by atoms with E-state index in [-0.39, 0.29) is 5.78 Å². The van der Waals surface area contributed by atoms with Gasteiger partial charge in [0.2, 0.25) is 0 Å². The van der Waals surface area contributed by atoms with Crippen LogP contribution < -0.4 is 0 Å². The molecule has 0 radical (unpaired) electrons. The van der Waals surface area contributed by atoms with Gasteiger partial charge in [0.15, 0.2) is 5.78 Å². The monoisotopic (exact) mass is 182 g/mol. The first kappa shape index (κ1) is 9.06. The molecule has 1 aromatic heterocycles. The summed E-state index contributed by atoms with van der Waals surface area (Å²) in [4.78, 5) is 11.3. The maximum Gasteiger partial charge on any atom is 0.183 e. The molecule has 4 heteroatoms. The Labute approximate surface area is 75.5 Å². The van der Waals surface area contributed by atoms with Crippen LogP contribution in [0.25, 0.3) is 0 Å². The molecule has 0 saturated heterocycles. The van der Waals surface area contributed by atoms with Crippen LogP contribution in [0, 0.1) is 0 Å². The number of aromatic nitrogens is 2. The molecule has 0 spiro atoms. The number of nitrogens with zero attached hydrogens (tertiary/aromatic N) is 2. The molecule has 1 heterocycles. The molecule has 1 rings (SSSR count). The first-order valence-electron chi connectivity index (χ1n) is 3.76. The van der Waals surface area contributed by atoms with Crippen molar-refractivity contribution < 1.29 is 4.79 Å². The van der Waals surface area contributed by atoms with E-state index in [9.17, 15) is 4.79 Å². The van der Waals surface area contributed by atoms with Gasteiger partial charge in [-0.15, -0.1) is 6.58 Å². The lowest BCUT2D eigenvalue weighted by atomic mass is 10.1. The van der Waals surface area contributed by atoms with Crippen LogP contribution in [0.2, 0.25) is 0 Å². The summed E-state index contributed by atoms with van der Waals surface area (Å²) in [5.74, 6) is 0.0746. The fraction of sp³-hybridized carbons (Fsp3) is 0.375. The number of Topliss-reactive ketones (excluding diaryl/α,β-unsaturated/α-hetero) is 1. The van der Waals surface area contributed by atoms with Gasteiger partial charge in [-0.05, 0) is 12.8 Å². The zero-order chi connectivity index (χ0) is 8.81. The van der Waals surface area contributed by atoms with Crippen molar-refractivity contribution in [2.24, 2.45) is 0 Å². The number of carbonyl (C=O) groups excluding carboxylic acids is 1. The summed E-state index contributed by atoms with van der Waals surface area (Å²) in [6.07, 6.45) is 5.59. The van der Waals surface area contributed by atoms with Crippen LogP contribution in [0.15, 0.2) is 18.9 Å². The Morgan fingerprint density at radius 1 is 1.75 bits per heavy atom. The molecule has 1 aromatic rings. The van der Waals surface area contributed by atoms with Crippen molar-refractivity contribution in [1.29, 1.82) is 0 Å². The summed E-state index contributed by atoms with van der Waals surface area (Å²) >= 11 is 1.07. The molecule has 0 fully saturated rings. The van der Waals surface area contributed by atoms with E-state index in [1.165, 1.54) is 6.20 Å². The van der Waals surface area contributed by atoms with Crippen molar-refractivity contribution in [1.82, 2.24) is 8.75 Å². The molecule has 0 aliphatic rings. The first-order chi connectivity index (χ1) is 5.84. The van der Waals surface area contributed by atoms with Crippen LogP contribution in [-0.4, -0.2) is 14.5 Å². The van der Waals surface area contributed by atoms with Crippen molar-refractivity contribution in [3.63, 3.8) is 0 Å². The summed E-state index contributed by atoms with van der Waals surface area (Å²) in [5, 5.41) is 0. The van der Waals surface area contributed by atoms with Gasteiger partial charge in [-0.2, -0.15) is 8.75 Å². The molecule has 12 heavy (non-hydrogen) atoms. The van der Waals surface area contributed by atoms with Gasteiger partial charge < -0.3 is 0 Å². The molecule has 0 bridgehead atoms. The van der Waals surface area contributed by atoms with E-state index in [0.717, 1.165) is 24.6 Å². The minimum Gasteiger partial charge on any atom is -0.292 e. The molecule has 0 amide bonds. The average Bonchev–Trinajstić information content (AvgIpc) is 2.56. The highest BCUT2D eigenvalue weighted by atomic mass is 32.1. The first-order valence-corrected chi connectivity index (χ1v) is 4.49. The summed E-state index contributed by atoms with van der Waals surface area (Å²) in [5.41, 5.74) is 0.490. The van der Waals surface area contributed by atoms with Gasteiger partial charge >= 0.3 is 0 Å². The number of carbonyl (C=O) groups is 1. The zero-order valence-corrected chi connectivity index (χ0v) is 7.51. The highest BCUT2D eigenvalue weighted by Gasteiger charge is 2.06. The predicted molar refractivity (Wildman–Crippen MR) is 48.3 cm³/mol. The largest absolute Gasteiger partial charge is 0.292 e. The van der Waals surface area contributed by atoms with Gasteiger partial charge in [-0.3, -0.25) is 4.79 Å². The normalized spacial score (nSPS) is 9.67. The highest BCUT2D eigenvalue weighted by molar-refractivity contribution is 6.99. The maximum atomic E-state index is 11.3. The van der Waals surface area contributed by atoms with Crippen molar-refractivity contribution in [2.45, 2.75) is 19.3 Å². The lowest BCUT2D eigenvalue weighted by Gasteiger charge is -1.92. The van der Waals surface area contributed by atoms with E-state index in [1.54, 1.807) is 0 Å². The van der Waals surface area contributed by atoms with Crippen molar-refractivity contribution in [3.8, 4) is 0 Å². The summed E-state index contributed by atoms with van der Waals surface area (Å²) in [6.45, 7) is 3.58. The average molecular weight is 182 g/mol. The second-order valence-corrected chi connectivity index (χ2v) is 2.95. The SMILES string of the molecule is C=CCCCC(=O)c1cnsn1. The summed E-state index contributed by atoms with van der Waals surface area (Å²) in [7, 11) is 0. The molecule has 3 nitrogen and oxygen atoms in total. The minimum atomic E-state index is 0.0746. The van der Waals surface area contributed by atoms with Gasteiger partial charge in [0.25, 0.3) is 0 Å². The Hall–Kier alpha value is -1.03. The molecular weight excluding hydrogens is 172 g/mol. The Kier molecular flexibility index (Phi) is 3.60. The number of ketones is 1.